The van der Waals surface area contributed by atoms with Gasteiger partial charge in [0.25, 0.3) is 0 Å². The summed E-state index contributed by atoms with van der Waals surface area (Å²) >= 11 is 0. The van der Waals surface area contributed by atoms with Crippen molar-refractivity contribution in [2.75, 3.05) is 6.54 Å². The molecule has 24 heavy (non-hydrogen) atoms. The van der Waals surface area contributed by atoms with Crippen LogP contribution in [-0.2, 0) is 24.2 Å². The van der Waals surface area contributed by atoms with Crippen molar-refractivity contribution in [2.45, 2.75) is 64.0 Å². The van der Waals surface area contributed by atoms with Gasteiger partial charge in [0.2, 0.25) is 5.91 Å². The quantitative estimate of drug-likeness (QED) is 0.865. The number of fused-ring (bicyclic) bond motifs is 1. The number of rotatable bonds is 4. The average molecular weight is 328 g/mol. The van der Waals surface area contributed by atoms with Gasteiger partial charge >= 0.3 is 0 Å². The summed E-state index contributed by atoms with van der Waals surface area (Å²) in [5.74, 6) is 3.16. The summed E-state index contributed by atoms with van der Waals surface area (Å²) in [7, 11) is 0. The number of nitrogens with zero attached hydrogens (tertiary/aromatic N) is 4. The van der Waals surface area contributed by atoms with Gasteiger partial charge in [-0.15, -0.1) is 10.2 Å². The fourth-order valence-electron chi connectivity index (χ4n) is 3.92. The van der Waals surface area contributed by atoms with E-state index in [0.717, 1.165) is 49.8 Å². The molecule has 0 aromatic carbocycles. The van der Waals surface area contributed by atoms with Crippen LogP contribution in [0.1, 0.15) is 62.0 Å². The number of likely N-dealkylation sites (tertiary alicyclic amines) is 1. The maximum atomic E-state index is 12.7. The predicted molar refractivity (Wildman–Crippen MR) is 88.3 cm³/mol. The standard InChI is InChI=1S/C18H24N4O2/c23-17(10-9-14-6-5-13-24-14)21-12-4-7-15(21)18-20-19-16-8-2-1-3-11-22(16)18/h5-6,13,15H,1-4,7-12H2. The minimum atomic E-state index is 0.0912. The Morgan fingerprint density at radius 3 is 3.04 bits per heavy atom. The first-order valence-electron chi connectivity index (χ1n) is 9.07. The van der Waals surface area contributed by atoms with E-state index in [1.807, 2.05) is 17.0 Å². The summed E-state index contributed by atoms with van der Waals surface area (Å²) in [6.07, 6.45) is 9.46. The van der Waals surface area contributed by atoms with E-state index in [-0.39, 0.29) is 11.9 Å². The molecule has 6 heteroatoms. The number of aromatic nitrogens is 3. The van der Waals surface area contributed by atoms with E-state index < -0.39 is 0 Å². The van der Waals surface area contributed by atoms with Crippen molar-refractivity contribution in [3.63, 3.8) is 0 Å². The number of carbonyl (C=O) groups excluding carboxylic acids is 1. The molecule has 2 aromatic heterocycles. The Morgan fingerprint density at radius 2 is 2.17 bits per heavy atom. The van der Waals surface area contributed by atoms with Crippen LogP contribution in [0.2, 0.25) is 0 Å². The summed E-state index contributed by atoms with van der Waals surface area (Å²) in [6, 6.07) is 3.88. The van der Waals surface area contributed by atoms with Crippen LogP contribution < -0.4 is 0 Å². The normalized spacial score (nSPS) is 20.8. The zero-order chi connectivity index (χ0) is 16.4. The first-order chi connectivity index (χ1) is 11.8. The van der Waals surface area contributed by atoms with E-state index >= 15 is 0 Å². The molecular weight excluding hydrogens is 304 g/mol. The van der Waals surface area contributed by atoms with Crippen LogP contribution in [0.25, 0.3) is 0 Å². The van der Waals surface area contributed by atoms with Crippen LogP contribution in [0, 0.1) is 0 Å². The highest BCUT2D eigenvalue weighted by molar-refractivity contribution is 5.77. The number of furan rings is 1. The third kappa shape index (κ3) is 2.97. The molecule has 0 aliphatic carbocycles. The van der Waals surface area contributed by atoms with E-state index in [0.29, 0.717) is 12.8 Å². The molecule has 4 rings (SSSR count). The van der Waals surface area contributed by atoms with Gasteiger partial charge in [0.05, 0.1) is 12.3 Å². The highest BCUT2D eigenvalue weighted by atomic mass is 16.3. The summed E-state index contributed by atoms with van der Waals surface area (Å²) in [5, 5.41) is 8.87. The topological polar surface area (TPSA) is 64.2 Å². The number of amides is 1. The largest absolute Gasteiger partial charge is 0.469 e. The Kier molecular flexibility index (Phi) is 4.36. The highest BCUT2D eigenvalue weighted by Gasteiger charge is 2.34. The predicted octanol–water partition coefficient (Wildman–Crippen LogP) is 2.89. The molecule has 0 bridgehead atoms. The zero-order valence-corrected chi connectivity index (χ0v) is 14.0. The molecule has 0 saturated carbocycles. The average Bonchev–Trinajstić information content (AvgIpc) is 3.31. The maximum Gasteiger partial charge on any atom is 0.223 e. The molecule has 1 amide bonds. The second-order valence-electron chi connectivity index (χ2n) is 6.76. The van der Waals surface area contributed by atoms with Gasteiger partial charge in [0.1, 0.15) is 11.6 Å². The van der Waals surface area contributed by atoms with Gasteiger partial charge in [-0.2, -0.15) is 0 Å². The van der Waals surface area contributed by atoms with Gasteiger partial charge < -0.3 is 13.9 Å². The number of aryl methyl sites for hydroxylation is 2. The summed E-state index contributed by atoms with van der Waals surface area (Å²) in [4.78, 5) is 14.7. The number of hydrogen-bond donors (Lipinski definition) is 0. The molecule has 6 nitrogen and oxygen atoms in total. The smallest absolute Gasteiger partial charge is 0.223 e. The molecule has 0 spiro atoms. The van der Waals surface area contributed by atoms with Gasteiger partial charge in [-0.1, -0.05) is 6.42 Å². The zero-order valence-electron chi connectivity index (χ0n) is 14.0. The lowest BCUT2D eigenvalue weighted by Crippen LogP contribution is -2.32. The van der Waals surface area contributed by atoms with Crippen LogP contribution in [0.5, 0.6) is 0 Å². The molecule has 1 unspecified atom stereocenters. The van der Waals surface area contributed by atoms with Crippen molar-refractivity contribution < 1.29 is 9.21 Å². The number of carbonyl (C=O) groups is 1. The van der Waals surface area contributed by atoms with Gasteiger partial charge in [0, 0.05) is 32.4 Å². The molecule has 2 aromatic rings. The van der Waals surface area contributed by atoms with Crippen LogP contribution in [0.15, 0.2) is 22.8 Å². The van der Waals surface area contributed by atoms with Crippen molar-refractivity contribution in [1.29, 1.82) is 0 Å². The Labute approximate surface area is 141 Å². The van der Waals surface area contributed by atoms with E-state index in [4.69, 9.17) is 4.42 Å². The van der Waals surface area contributed by atoms with Crippen molar-refractivity contribution in [1.82, 2.24) is 19.7 Å². The van der Waals surface area contributed by atoms with Crippen LogP contribution >= 0.6 is 0 Å². The lowest BCUT2D eigenvalue weighted by atomic mass is 10.1. The molecule has 2 aliphatic rings. The summed E-state index contributed by atoms with van der Waals surface area (Å²) in [5.41, 5.74) is 0. The molecule has 4 heterocycles. The Morgan fingerprint density at radius 1 is 1.21 bits per heavy atom. The first kappa shape index (κ1) is 15.4. The molecule has 0 radical (unpaired) electrons. The molecule has 2 aliphatic heterocycles. The van der Waals surface area contributed by atoms with Gasteiger partial charge in [0.15, 0.2) is 5.82 Å². The van der Waals surface area contributed by atoms with Gasteiger partial charge in [-0.3, -0.25) is 4.79 Å². The van der Waals surface area contributed by atoms with E-state index in [9.17, 15) is 4.79 Å². The monoisotopic (exact) mass is 328 g/mol. The molecule has 1 saturated heterocycles. The Bertz CT molecular complexity index is 692. The minimum Gasteiger partial charge on any atom is -0.469 e. The minimum absolute atomic E-state index is 0.0912. The van der Waals surface area contributed by atoms with Gasteiger partial charge in [-0.25, -0.2) is 0 Å². The van der Waals surface area contributed by atoms with Crippen molar-refractivity contribution >= 4 is 5.91 Å². The van der Waals surface area contributed by atoms with Crippen LogP contribution in [0.4, 0.5) is 0 Å². The lowest BCUT2D eigenvalue weighted by molar-refractivity contribution is -0.132. The maximum absolute atomic E-state index is 12.7. The highest BCUT2D eigenvalue weighted by Crippen LogP contribution is 2.33. The number of hydrogen-bond acceptors (Lipinski definition) is 4. The Hall–Kier alpha value is -2.11. The summed E-state index contributed by atoms with van der Waals surface area (Å²) < 4.78 is 7.61. The van der Waals surface area contributed by atoms with Crippen LogP contribution in [0.3, 0.4) is 0 Å². The van der Waals surface area contributed by atoms with Crippen molar-refractivity contribution in [3.05, 3.63) is 35.8 Å². The third-order valence-electron chi connectivity index (χ3n) is 5.17. The van der Waals surface area contributed by atoms with Crippen molar-refractivity contribution in [3.8, 4) is 0 Å². The SMILES string of the molecule is O=C(CCc1ccco1)N1CCCC1c1nnc2n1CCCCC2. The fraction of sp³-hybridized carbons (Fsp3) is 0.611. The molecule has 128 valence electrons. The second kappa shape index (κ2) is 6.79. The van der Waals surface area contributed by atoms with E-state index in [1.54, 1.807) is 6.26 Å². The lowest BCUT2D eigenvalue weighted by Gasteiger charge is -2.24. The third-order valence-corrected chi connectivity index (χ3v) is 5.17. The van der Waals surface area contributed by atoms with Crippen LogP contribution in [-0.4, -0.2) is 32.1 Å². The molecule has 1 atom stereocenters. The van der Waals surface area contributed by atoms with Gasteiger partial charge in [-0.05, 0) is 37.8 Å². The van der Waals surface area contributed by atoms with Crippen molar-refractivity contribution in [2.24, 2.45) is 0 Å². The fourth-order valence-corrected chi connectivity index (χ4v) is 3.92. The Balaban J connectivity index is 1.48. The first-order valence-corrected chi connectivity index (χ1v) is 9.07. The molecular formula is C18H24N4O2. The second-order valence-corrected chi connectivity index (χ2v) is 6.76. The molecule has 0 N–H and O–H groups in total. The molecule has 1 fully saturated rings. The summed E-state index contributed by atoms with van der Waals surface area (Å²) in [6.45, 7) is 1.81. The van der Waals surface area contributed by atoms with E-state index in [1.165, 1.54) is 19.3 Å². The van der Waals surface area contributed by atoms with E-state index in [2.05, 4.69) is 14.8 Å².